The van der Waals surface area contributed by atoms with Gasteiger partial charge in [-0.1, -0.05) is 0 Å². The summed E-state index contributed by atoms with van der Waals surface area (Å²) in [4.78, 5) is 23.3. The lowest BCUT2D eigenvalue weighted by molar-refractivity contribution is 0.0933. The Morgan fingerprint density at radius 1 is 1.38 bits per heavy atom. The maximum atomic E-state index is 12.0. The number of pyridine rings is 1. The van der Waals surface area contributed by atoms with Crippen molar-refractivity contribution in [3.63, 3.8) is 0 Å². The minimum absolute atomic E-state index is 0.167. The van der Waals surface area contributed by atoms with Gasteiger partial charge in [-0.3, -0.25) is 4.79 Å². The molecular weight excluding hydrogens is 324 g/mol. The van der Waals surface area contributed by atoms with Crippen LogP contribution >= 0.6 is 11.3 Å². The van der Waals surface area contributed by atoms with Gasteiger partial charge in [0.1, 0.15) is 16.5 Å². The molecule has 0 saturated carbocycles. The van der Waals surface area contributed by atoms with Crippen LogP contribution in [0.25, 0.3) is 10.6 Å². The van der Waals surface area contributed by atoms with Gasteiger partial charge in [-0.15, -0.1) is 11.3 Å². The molecule has 0 aromatic carbocycles. The molecule has 0 bridgehead atoms. The Labute approximate surface area is 145 Å². The maximum Gasteiger partial charge on any atom is 0.270 e. The summed E-state index contributed by atoms with van der Waals surface area (Å²) in [5, 5.41) is 5.42. The zero-order valence-electron chi connectivity index (χ0n) is 13.8. The summed E-state index contributed by atoms with van der Waals surface area (Å²) in [7, 11) is 1.61. The van der Waals surface area contributed by atoms with Crippen molar-refractivity contribution in [3.8, 4) is 10.6 Å². The van der Waals surface area contributed by atoms with Crippen LogP contribution in [0.3, 0.4) is 0 Å². The number of piperidine rings is 1. The summed E-state index contributed by atoms with van der Waals surface area (Å²) < 4.78 is 4.93. The summed E-state index contributed by atoms with van der Waals surface area (Å²) in [5.74, 6) is 0.827. The molecule has 3 rings (SSSR count). The Morgan fingerprint density at radius 2 is 2.21 bits per heavy atom. The molecule has 0 radical (unpaired) electrons. The van der Waals surface area contributed by atoms with E-state index in [0.29, 0.717) is 18.8 Å². The fourth-order valence-corrected chi connectivity index (χ4v) is 3.51. The van der Waals surface area contributed by atoms with Crippen molar-refractivity contribution < 1.29 is 9.53 Å². The van der Waals surface area contributed by atoms with E-state index < -0.39 is 0 Å². The number of methoxy groups -OCH3 is 1. The molecule has 1 fully saturated rings. The zero-order valence-corrected chi connectivity index (χ0v) is 14.6. The number of carbonyl (C=O) groups is 1. The number of hydrogen-bond donors (Lipinski definition) is 1. The maximum absolute atomic E-state index is 12.0. The first-order valence-corrected chi connectivity index (χ1v) is 9.10. The van der Waals surface area contributed by atoms with Gasteiger partial charge in [-0.05, 0) is 31.4 Å². The van der Waals surface area contributed by atoms with Gasteiger partial charge in [-0.25, -0.2) is 9.97 Å². The van der Waals surface area contributed by atoms with E-state index in [1.165, 1.54) is 30.6 Å². The van der Waals surface area contributed by atoms with Crippen LogP contribution in [0.1, 0.15) is 29.8 Å². The SMILES string of the molecule is COCCNC(=O)c1csc(-c2ccnc(N3CCCCC3)c2)n1. The zero-order chi connectivity index (χ0) is 16.8. The molecule has 6 nitrogen and oxygen atoms in total. The molecule has 1 aliphatic rings. The molecule has 1 aliphatic heterocycles. The lowest BCUT2D eigenvalue weighted by atomic mass is 10.1. The fraction of sp³-hybridized carbons (Fsp3) is 0.471. The molecule has 128 valence electrons. The van der Waals surface area contributed by atoms with Crippen LogP contribution in [-0.2, 0) is 4.74 Å². The summed E-state index contributed by atoms with van der Waals surface area (Å²) >= 11 is 1.48. The van der Waals surface area contributed by atoms with Gasteiger partial charge in [0.25, 0.3) is 5.91 Å². The molecule has 0 aliphatic carbocycles. The van der Waals surface area contributed by atoms with Crippen LogP contribution in [0.2, 0.25) is 0 Å². The number of carbonyl (C=O) groups excluding carboxylic acids is 1. The van der Waals surface area contributed by atoms with E-state index in [0.717, 1.165) is 29.5 Å². The van der Waals surface area contributed by atoms with Crippen molar-refractivity contribution in [3.05, 3.63) is 29.4 Å². The van der Waals surface area contributed by atoms with Gasteiger partial charge in [0.2, 0.25) is 0 Å². The van der Waals surface area contributed by atoms with Crippen LogP contribution < -0.4 is 10.2 Å². The van der Waals surface area contributed by atoms with Gasteiger partial charge >= 0.3 is 0 Å². The van der Waals surface area contributed by atoms with Crippen LogP contribution in [0, 0.1) is 0 Å². The van der Waals surface area contributed by atoms with Crippen LogP contribution in [0.4, 0.5) is 5.82 Å². The number of rotatable bonds is 6. The predicted octanol–water partition coefficient (Wildman–Crippen LogP) is 2.57. The number of nitrogens with one attached hydrogen (secondary N) is 1. The Kier molecular flexibility index (Phi) is 5.77. The third-order valence-electron chi connectivity index (χ3n) is 4.00. The minimum Gasteiger partial charge on any atom is -0.383 e. The first-order chi connectivity index (χ1) is 11.8. The summed E-state index contributed by atoms with van der Waals surface area (Å²) in [6, 6.07) is 4.01. The second-order valence-electron chi connectivity index (χ2n) is 5.74. The number of ether oxygens (including phenoxy) is 1. The highest BCUT2D eigenvalue weighted by atomic mass is 32.1. The second-order valence-corrected chi connectivity index (χ2v) is 6.60. The molecule has 3 heterocycles. The third kappa shape index (κ3) is 4.10. The number of hydrogen-bond acceptors (Lipinski definition) is 6. The quantitative estimate of drug-likeness (QED) is 0.814. The van der Waals surface area contributed by atoms with Gasteiger partial charge < -0.3 is 15.0 Å². The number of amides is 1. The van der Waals surface area contributed by atoms with E-state index in [2.05, 4.69) is 26.3 Å². The lowest BCUT2D eigenvalue weighted by Gasteiger charge is -2.27. The highest BCUT2D eigenvalue weighted by Crippen LogP contribution is 2.27. The molecular formula is C17H22N4O2S. The molecule has 2 aromatic heterocycles. The smallest absolute Gasteiger partial charge is 0.270 e. The van der Waals surface area contributed by atoms with Crippen LogP contribution in [0.5, 0.6) is 0 Å². The van der Waals surface area contributed by atoms with Gasteiger partial charge in [0.15, 0.2) is 0 Å². The third-order valence-corrected chi connectivity index (χ3v) is 4.89. The van der Waals surface area contributed by atoms with E-state index in [-0.39, 0.29) is 5.91 Å². The molecule has 1 N–H and O–H groups in total. The molecule has 7 heteroatoms. The molecule has 0 atom stereocenters. The van der Waals surface area contributed by atoms with Crippen molar-refractivity contribution in [2.24, 2.45) is 0 Å². The van der Waals surface area contributed by atoms with Crippen molar-refractivity contribution in [2.75, 3.05) is 38.3 Å². The van der Waals surface area contributed by atoms with E-state index in [1.54, 1.807) is 12.5 Å². The summed E-state index contributed by atoms with van der Waals surface area (Å²) in [6.45, 7) is 3.09. The van der Waals surface area contributed by atoms with Crippen LogP contribution in [0.15, 0.2) is 23.7 Å². The topological polar surface area (TPSA) is 67.3 Å². The Bertz CT molecular complexity index is 683. The van der Waals surface area contributed by atoms with Gasteiger partial charge in [-0.2, -0.15) is 0 Å². The Morgan fingerprint density at radius 3 is 3.00 bits per heavy atom. The molecule has 0 unspecified atom stereocenters. The van der Waals surface area contributed by atoms with Gasteiger partial charge in [0.05, 0.1) is 6.61 Å². The second kappa shape index (κ2) is 8.21. The predicted molar refractivity (Wildman–Crippen MR) is 95.6 cm³/mol. The monoisotopic (exact) mass is 346 g/mol. The highest BCUT2D eigenvalue weighted by molar-refractivity contribution is 7.13. The van der Waals surface area contributed by atoms with Crippen LogP contribution in [-0.4, -0.2) is 49.2 Å². The molecule has 1 amide bonds. The molecule has 24 heavy (non-hydrogen) atoms. The average molecular weight is 346 g/mol. The normalized spacial score (nSPS) is 14.6. The van der Waals surface area contributed by atoms with E-state index in [1.807, 2.05) is 12.3 Å². The number of nitrogens with zero attached hydrogens (tertiary/aromatic N) is 3. The minimum atomic E-state index is -0.167. The number of anilines is 1. The van der Waals surface area contributed by atoms with Crippen molar-refractivity contribution >= 4 is 23.1 Å². The first-order valence-electron chi connectivity index (χ1n) is 8.22. The number of thiazole rings is 1. The number of aromatic nitrogens is 2. The van der Waals surface area contributed by atoms with Crippen molar-refractivity contribution in [2.45, 2.75) is 19.3 Å². The van der Waals surface area contributed by atoms with Crippen molar-refractivity contribution in [1.29, 1.82) is 0 Å². The molecule has 2 aromatic rings. The summed E-state index contributed by atoms with van der Waals surface area (Å²) in [5.41, 5.74) is 1.45. The molecule has 0 spiro atoms. The largest absolute Gasteiger partial charge is 0.383 e. The average Bonchev–Trinajstić information content (AvgIpc) is 3.13. The Hall–Kier alpha value is -1.99. The lowest BCUT2D eigenvalue weighted by Crippen LogP contribution is -2.30. The van der Waals surface area contributed by atoms with E-state index in [4.69, 9.17) is 4.74 Å². The highest BCUT2D eigenvalue weighted by Gasteiger charge is 2.15. The fourth-order valence-electron chi connectivity index (χ4n) is 2.72. The van der Waals surface area contributed by atoms with E-state index in [9.17, 15) is 4.79 Å². The van der Waals surface area contributed by atoms with Crippen molar-refractivity contribution in [1.82, 2.24) is 15.3 Å². The molecule has 1 saturated heterocycles. The first kappa shape index (κ1) is 16.9. The van der Waals surface area contributed by atoms with E-state index >= 15 is 0 Å². The standard InChI is InChI=1S/C17H22N4O2S/c1-23-10-7-19-16(22)14-12-24-17(20-14)13-5-6-18-15(11-13)21-8-3-2-4-9-21/h5-6,11-12H,2-4,7-10H2,1H3,(H,19,22). The Balaban J connectivity index is 1.71. The summed E-state index contributed by atoms with van der Waals surface area (Å²) in [6.07, 6.45) is 5.55. The van der Waals surface area contributed by atoms with Gasteiger partial charge in [0, 0.05) is 43.9 Å².